The summed E-state index contributed by atoms with van der Waals surface area (Å²) in [7, 11) is 0. The molecule has 0 radical (unpaired) electrons. The van der Waals surface area contributed by atoms with E-state index in [1.165, 1.54) is 11.8 Å². The molecule has 0 bridgehead atoms. The molecule has 0 aliphatic heterocycles. The summed E-state index contributed by atoms with van der Waals surface area (Å²) < 4.78 is 10.2. The summed E-state index contributed by atoms with van der Waals surface area (Å²) in [5, 5.41) is 3.88. The maximum Gasteiger partial charge on any atom is 0.316 e. The van der Waals surface area contributed by atoms with Crippen molar-refractivity contribution in [1.29, 1.82) is 0 Å². The van der Waals surface area contributed by atoms with Crippen molar-refractivity contribution in [2.75, 3.05) is 30.8 Å². The molecule has 0 atom stereocenters. The van der Waals surface area contributed by atoms with Crippen LogP contribution < -0.4 is 5.32 Å². The van der Waals surface area contributed by atoms with Crippen LogP contribution in [0.5, 0.6) is 0 Å². The van der Waals surface area contributed by atoms with Gasteiger partial charge in [0.2, 0.25) is 0 Å². The van der Waals surface area contributed by atoms with E-state index in [1.807, 2.05) is 19.9 Å². The van der Waals surface area contributed by atoms with Gasteiger partial charge in [0.25, 0.3) is 0 Å². The highest BCUT2D eigenvalue weighted by atomic mass is 32.2. The number of carbonyl (C=O) groups is 1. The minimum absolute atomic E-state index is 0.241. The Balaban J connectivity index is 2.71. The summed E-state index contributed by atoms with van der Waals surface area (Å²) >= 11 is 1.33. The first-order chi connectivity index (χ1) is 9.69. The van der Waals surface area contributed by atoms with Gasteiger partial charge in [-0.1, -0.05) is 11.8 Å². The number of anilines is 1. The Hall–Kier alpha value is -1.34. The van der Waals surface area contributed by atoms with Crippen LogP contribution >= 0.6 is 11.8 Å². The number of carbonyl (C=O) groups excluding carboxylic acids is 1. The highest BCUT2D eigenvalue weighted by Gasteiger charge is 2.08. The lowest BCUT2D eigenvalue weighted by atomic mass is 10.5. The van der Waals surface area contributed by atoms with Gasteiger partial charge in [0.1, 0.15) is 17.5 Å². The van der Waals surface area contributed by atoms with E-state index in [1.54, 1.807) is 6.92 Å². The molecule has 0 aromatic carbocycles. The second kappa shape index (κ2) is 9.55. The molecule has 0 aliphatic rings. The van der Waals surface area contributed by atoms with Crippen molar-refractivity contribution in [3.8, 4) is 0 Å². The number of nitrogens with one attached hydrogen (secondary N) is 1. The molecule has 0 saturated carbocycles. The smallest absolute Gasteiger partial charge is 0.316 e. The number of hydrogen-bond donors (Lipinski definition) is 1. The van der Waals surface area contributed by atoms with Crippen LogP contribution in [0.4, 0.5) is 5.82 Å². The number of ether oxygens (including phenoxy) is 2. The summed E-state index contributed by atoms with van der Waals surface area (Å²) in [6, 6.07) is 1.82. The zero-order valence-electron chi connectivity index (χ0n) is 12.1. The molecule has 20 heavy (non-hydrogen) atoms. The van der Waals surface area contributed by atoms with Gasteiger partial charge in [0.05, 0.1) is 12.4 Å². The van der Waals surface area contributed by atoms with Crippen molar-refractivity contribution in [1.82, 2.24) is 9.97 Å². The van der Waals surface area contributed by atoms with Gasteiger partial charge in [0.15, 0.2) is 5.82 Å². The summed E-state index contributed by atoms with van der Waals surface area (Å²) in [5.74, 6) is 1.34. The van der Waals surface area contributed by atoms with E-state index in [9.17, 15) is 4.79 Å². The summed E-state index contributed by atoms with van der Waals surface area (Å²) in [5.41, 5.74) is 0. The maximum absolute atomic E-state index is 11.4. The third-order valence-corrected chi connectivity index (χ3v) is 3.07. The molecule has 1 aromatic rings. The fourth-order valence-corrected chi connectivity index (χ4v) is 2.13. The van der Waals surface area contributed by atoms with Gasteiger partial charge in [0, 0.05) is 19.2 Å². The first-order valence-corrected chi connectivity index (χ1v) is 7.66. The van der Waals surface area contributed by atoms with Crippen LogP contribution in [0.3, 0.4) is 0 Å². The Bertz CT molecular complexity index is 429. The number of rotatable bonds is 9. The highest BCUT2D eigenvalue weighted by molar-refractivity contribution is 7.99. The van der Waals surface area contributed by atoms with Gasteiger partial charge in [-0.15, -0.1) is 0 Å². The number of hydrogen-bond acceptors (Lipinski definition) is 7. The van der Waals surface area contributed by atoms with Crippen molar-refractivity contribution < 1.29 is 14.3 Å². The largest absolute Gasteiger partial charge is 0.465 e. The van der Waals surface area contributed by atoms with Crippen LogP contribution in [-0.4, -0.2) is 41.4 Å². The number of aromatic nitrogens is 2. The molecule has 1 N–H and O–H groups in total. The van der Waals surface area contributed by atoms with E-state index >= 15 is 0 Å². The van der Waals surface area contributed by atoms with Crippen molar-refractivity contribution in [2.24, 2.45) is 0 Å². The molecule has 0 unspecified atom stereocenters. The number of esters is 1. The zero-order chi connectivity index (χ0) is 14.8. The Morgan fingerprint density at radius 3 is 2.75 bits per heavy atom. The maximum atomic E-state index is 11.4. The zero-order valence-corrected chi connectivity index (χ0v) is 13.0. The van der Waals surface area contributed by atoms with Crippen molar-refractivity contribution in [3.63, 3.8) is 0 Å². The summed E-state index contributed by atoms with van der Waals surface area (Å²) in [4.78, 5) is 20.1. The topological polar surface area (TPSA) is 73.3 Å². The van der Waals surface area contributed by atoms with Crippen LogP contribution in [0.25, 0.3) is 0 Å². The van der Waals surface area contributed by atoms with Crippen LogP contribution in [0.2, 0.25) is 0 Å². The monoisotopic (exact) mass is 299 g/mol. The standard InChI is InChI=1S/C13H21N3O3S/c1-4-14-10-7-12(20-9-13(17)19-6-3)16-11(15-10)8-18-5-2/h7H,4-6,8-9H2,1-3H3,(H,14,15,16). The van der Waals surface area contributed by atoms with Crippen molar-refractivity contribution >= 4 is 23.5 Å². The molecule has 0 amide bonds. The van der Waals surface area contributed by atoms with E-state index in [0.717, 1.165) is 17.4 Å². The quantitative estimate of drug-likeness (QED) is 0.425. The van der Waals surface area contributed by atoms with Gasteiger partial charge in [-0.2, -0.15) is 0 Å². The SMILES string of the molecule is CCNc1cc(SCC(=O)OCC)nc(COCC)n1. The van der Waals surface area contributed by atoms with Crippen LogP contribution in [0.15, 0.2) is 11.1 Å². The Kier molecular flexibility index (Phi) is 7.98. The molecule has 6 nitrogen and oxygen atoms in total. The van der Waals surface area contributed by atoms with Gasteiger partial charge < -0.3 is 14.8 Å². The predicted molar refractivity (Wildman–Crippen MR) is 78.9 cm³/mol. The molecule has 0 spiro atoms. The molecule has 0 aliphatic carbocycles. The van der Waals surface area contributed by atoms with E-state index in [2.05, 4.69) is 15.3 Å². The fraction of sp³-hybridized carbons (Fsp3) is 0.615. The van der Waals surface area contributed by atoms with Crippen molar-refractivity contribution in [2.45, 2.75) is 32.4 Å². The predicted octanol–water partition coefficient (Wildman–Crippen LogP) is 2.10. The number of nitrogens with zero attached hydrogens (tertiary/aromatic N) is 2. The fourth-order valence-electron chi connectivity index (χ4n) is 1.41. The molecule has 112 valence electrons. The average molecular weight is 299 g/mol. The summed E-state index contributed by atoms with van der Waals surface area (Å²) in [6.07, 6.45) is 0. The molecule has 0 saturated heterocycles. The van der Waals surface area contributed by atoms with Crippen molar-refractivity contribution in [3.05, 3.63) is 11.9 Å². The lowest BCUT2D eigenvalue weighted by Gasteiger charge is -2.08. The average Bonchev–Trinajstić information content (AvgIpc) is 2.43. The molecule has 1 aromatic heterocycles. The highest BCUT2D eigenvalue weighted by Crippen LogP contribution is 2.19. The van der Waals surface area contributed by atoms with E-state index in [4.69, 9.17) is 9.47 Å². The lowest BCUT2D eigenvalue weighted by molar-refractivity contribution is -0.139. The lowest BCUT2D eigenvalue weighted by Crippen LogP contribution is -2.09. The Labute approximate surface area is 123 Å². The van der Waals surface area contributed by atoms with Crippen LogP contribution in [0.1, 0.15) is 26.6 Å². The van der Waals surface area contributed by atoms with E-state index in [-0.39, 0.29) is 11.7 Å². The minimum Gasteiger partial charge on any atom is -0.465 e. The molecular formula is C13H21N3O3S. The number of thioether (sulfide) groups is 1. The van der Waals surface area contributed by atoms with Crippen LogP contribution in [0, 0.1) is 0 Å². The van der Waals surface area contributed by atoms with Gasteiger partial charge >= 0.3 is 5.97 Å². The van der Waals surface area contributed by atoms with Gasteiger partial charge in [-0.05, 0) is 20.8 Å². The second-order valence-electron chi connectivity index (χ2n) is 3.77. The van der Waals surface area contributed by atoms with Gasteiger partial charge in [-0.25, -0.2) is 9.97 Å². The minimum atomic E-state index is -0.243. The van der Waals surface area contributed by atoms with E-state index in [0.29, 0.717) is 25.6 Å². The van der Waals surface area contributed by atoms with Crippen LogP contribution in [-0.2, 0) is 20.9 Å². The molecule has 1 heterocycles. The first kappa shape index (κ1) is 16.7. The molecular weight excluding hydrogens is 278 g/mol. The Morgan fingerprint density at radius 1 is 1.30 bits per heavy atom. The van der Waals surface area contributed by atoms with E-state index < -0.39 is 0 Å². The molecule has 7 heteroatoms. The first-order valence-electron chi connectivity index (χ1n) is 6.67. The molecule has 1 rings (SSSR count). The Morgan fingerprint density at radius 2 is 2.10 bits per heavy atom. The third kappa shape index (κ3) is 6.21. The second-order valence-corrected chi connectivity index (χ2v) is 4.76. The van der Waals surface area contributed by atoms with Gasteiger partial charge in [-0.3, -0.25) is 4.79 Å². The third-order valence-electron chi connectivity index (χ3n) is 2.19. The molecule has 0 fully saturated rings. The normalized spacial score (nSPS) is 10.3. The summed E-state index contributed by atoms with van der Waals surface area (Å²) in [6.45, 7) is 7.84.